The van der Waals surface area contributed by atoms with Gasteiger partial charge in [0.15, 0.2) is 0 Å². The number of carbonyl (C=O) groups excluding carboxylic acids is 2. The molecule has 1 aromatic heterocycles. The first-order valence-corrected chi connectivity index (χ1v) is 13.5. The van der Waals surface area contributed by atoms with Crippen LogP contribution in [-0.4, -0.2) is 66.1 Å². The fourth-order valence-electron chi connectivity index (χ4n) is 5.38. The minimum Gasteiger partial charge on any atom is -0.497 e. The lowest BCUT2D eigenvalue weighted by Gasteiger charge is -2.33. The molecule has 0 radical (unpaired) electrons. The summed E-state index contributed by atoms with van der Waals surface area (Å²) in [6, 6.07) is 8.64. The largest absolute Gasteiger partial charge is 0.497 e. The summed E-state index contributed by atoms with van der Waals surface area (Å²) in [6.07, 6.45) is 8.11. The fraction of sp³-hybridized carbons (Fsp3) is 0.517. The van der Waals surface area contributed by atoms with Crippen molar-refractivity contribution in [2.24, 2.45) is 11.8 Å². The van der Waals surface area contributed by atoms with Gasteiger partial charge in [0, 0.05) is 37.5 Å². The molecule has 38 heavy (non-hydrogen) atoms. The van der Waals surface area contributed by atoms with E-state index in [2.05, 4.69) is 15.6 Å². The number of carbonyl (C=O) groups is 3. The Morgan fingerprint density at radius 1 is 1.13 bits per heavy atom. The van der Waals surface area contributed by atoms with E-state index in [9.17, 15) is 19.5 Å². The molecule has 0 spiro atoms. The summed E-state index contributed by atoms with van der Waals surface area (Å²) in [5.41, 5.74) is 2.35. The van der Waals surface area contributed by atoms with Crippen molar-refractivity contribution in [3.05, 3.63) is 48.3 Å². The van der Waals surface area contributed by atoms with Gasteiger partial charge in [0.2, 0.25) is 11.8 Å². The van der Waals surface area contributed by atoms with Gasteiger partial charge in [-0.2, -0.15) is 0 Å². The molecule has 2 aliphatic rings. The number of carboxylic acids is 1. The number of aliphatic carboxylic acids is 1. The second-order valence-electron chi connectivity index (χ2n) is 10.3. The van der Waals surface area contributed by atoms with Gasteiger partial charge in [-0.15, -0.1) is 0 Å². The van der Waals surface area contributed by atoms with Crippen molar-refractivity contribution in [2.45, 2.75) is 51.0 Å². The van der Waals surface area contributed by atoms with Crippen molar-refractivity contribution in [1.82, 2.24) is 20.5 Å². The van der Waals surface area contributed by atoms with Crippen LogP contribution < -0.4 is 15.4 Å². The van der Waals surface area contributed by atoms with E-state index in [0.717, 1.165) is 55.6 Å². The molecule has 2 aromatic rings. The van der Waals surface area contributed by atoms with Crippen molar-refractivity contribution >= 4 is 17.8 Å². The van der Waals surface area contributed by atoms with E-state index >= 15 is 0 Å². The van der Waals surface area contributed by atoms with E-state index in [1.807, 2.05) is 35.2 Å². The molecule has 2 unspecified atom stereocenters. The van der Waals surface area contributed by atoms with Crippen LogP contribution in [0.25, 0.3) is 11.1 Å². The Morgan fingerprint density at radius 2 is 1.89 bits per heavy atom. The zero-order valence-electron chi connectivity index (χ0n) is 22.0. The minimum absolute atomic E-state index is 0.111. The van der Waals surface area contributed by atoms with Crippen molar-refractivity contribution < 1.29 is 24.2 Å². The van der Waals surface area contributed by atoms with Crippen LogP contribution in [0.2, 0.25) is 0 Å². The van der Waals surface area contributed by atoms with Gasteiger partial charge in [-0.1, -0.05) is 12.1 Å². The highest BCUT2D eigenvalue weighted by Crippen LogP contribution is 2.27. The quantitative estimate of drug-likeness (QED) is 0.437. The van der Waals surface area contributed by atoms with Crippen LogP contribution in [0.1, 0.15) is 56.6 Å². The second kappa shape index (κ2) is 13.4. The van der Waals surface area contributed by atoms with Crippen LogP contribution in [-0.2, 0) is 14.4 Å². The molecule has 3 heterocycles. The molecule has 2 saturated heterocycles. The third kappa shape index (κ3) is 7.54. The predicted molar refractivity (Wildman–Crippen MR) is 143 cm³/mol. The Balaban J connectivity index is 1.39. The number of methoxy groups -OCH3 is 1. The number of rotatable bonds is 10. The minimum atomic E-state index is -1.01. The monoisotopic (exact) mass is 522 g/mol. The van der Waals surface area contributed by atoms with Crippen LogP contribution in [0.4, 0.5) is 0 Å². The van der Waals surface area contributed by atoms with Crippen molar-refractivity contribution in [3.63, 3.8) is 0 Å². The predicted octanol–water partition coefficient (Wildman–Crippen LogP) is 3.41. The topological polar surface area (TPSA) is 121 Å². The third-order valence-corrected chi connectivity index (χ3v) is 7.65. The molecule has 0 bridgehead atoms. The van der Waals surface area contributed by atoms with Crippen LogP contribution in [0.15, 0.2) is 42.7 Å². The third-order valence-electron chi connectivity index (χ3n) is 7.65. The molecule has 9 nitrogen and oxygen atoms in total. The lowest BCUT2D eigenvalue weighted by molar-refractivity contribution is -0.138. The average molecular weight is 523 g/mol. The van der Waals surface area contributed by atoms with Crippen LogP contribution in [0.5, 0.6) is 5.75 Å². The van der Waals surface area contributed by atoms with Gasteiger partial charge in [0.25, 0.3) is 0 Å². The SMILES string of the molecule is COc1ccc(-c2cncc(C(CC(=O)O)NC(=O)C3CCCN(C(=O)CCC4CCNCC4)C3)c2)cc1. The molecule has 0 saturated carbocycles. The lowest BCUT2D eigenvalue weighted by atomic mass is 9.92. The zero-order valence-corrected chi connectivity index (χ0v) is 22.0. The van der Waals surface area contributed by atoms with Crippen molar-refractivity contribution in [1.29, 1.82) is 0 Å². The fourth-order valence-corrected chi connectivity index (χ4v) is 5.38. The number of hydrogen-bond acceptors (Lipinski definition) is 6. The van der Waals surface area contributed by atoms with E-state index in [4.69, 9.17) is 4.74 Å². The highest BCUT2D eigenvalue weighted by molar-refractivity contribution is 5.82. The van der Waals surface area contributed by atoms with E-state index < -0.39 is 12.0 Å². The molecular formula is C29H38N4O5. The number of ether oxygens (including phenoxy) is 1. The summed E-state index contributed by atoms with van der Waals surface area (Å²) in [7, 11) is 1.60. The molecule has 1 aromatic carbocycles. The Morgan fingerprint density at radius 3 is 2.61 bits per heavy atom. The van der Waals surface area contributed by atoms with E-state index in [1.165, 1.54) is 0 Å². The Hall–Kier alpha value is -3.46. The summed E-state index contributed by atoms with van der Waals surface area (Å²) in [6.45, 7) is 3.07. The zero-order chi connectivity index (χ0) is 26.9. The molecule has 4 rings (SSSR count). The number of amides is 2. The number of likely N-dealkylation sites (tertiary alicyclic amines) is 1. The normalized spacial score (nSPS) is 19.0. The van der Waals surface area contributed by atoms with Gasteiger partial charge < -0.3 is 25.4 Å². The van der Waals surface area contributed by atoms with Crippen LogP contribution in [0, 0.1) is 11.8 Å². The van der Waals surface area contributed by atoms with Gasteiger partial charge in [-0.05, 0) is 80.4 Å². The first kappa shape index (κ1) is 27.6. The summed E-state index contributed by atoms with van der Waals surface area (Å²) in [5.74, 6) is -0.158. The average Bonchev–Trinajstić information content (AvgIpc) is 2.96. The van der Waals surface area contributed by atoms with Crippen molar-refractivity contribution in [3.8, 4) is 16.9 Å². The van der Waals surface area contributed by atoms with E-state index in [0.29, 0.717) is 37.4 Å². The van der Waals surface area contributed by atoms with Gasteiger partial charge in [-0.3, -0.25) is 19.4 Å². The number of carboxylic acid groups (broad SMARTS) is 1. The van der Waals surface area contributed by atoms with Gasteiger partial charge >= 0.3 is 5.97 Å². The number of piperidine rings is 2. The number of hydrogen-bond donors (Lipinski definition) is 3. The van der Waals surface area contributed by atoms with Crippen LogP contribution >= 0.6 is 0 Å². The Bertz CT molecular complexity index is 1100. The van der Waals surface area contributed by atoms with Crippen LogP contribution in [0.3, 0.4) is 0 Å². The number of nitrogens with zero attached hydrogens (tertiary/aromatic N) is 2. The summed E-state index contributed by atoms with van der Waals surface area (Å²) >= 11 is 0. The summed E-state index contributed by atoms with van der Waals surface area (Å²) < 4.78 is 5.22. The molecular weight excluding hydrogens is 484 g/mol. The maximum absolute atomic E-state index is 13.3. The molecule has 2 amide bonds. The molecule has 2 fully saturated rings. The first-order valence-electron chi connectivity index (χ1n) is 13.5. The van der Waals surface area contributed by atoms with E-state index in [1.54, 1.807) is 19.5 Å². The van der Waals surface area contributed by atoms with Gasteiger partial charge in [0.1, 0.15) is 5.75 Å². The summed E-state index contributed by atoms with van der Waals surface area (Å²) in [5, 5.41) is 15.9. The second-order valence-corrected chi connectivity index (χ2v) is 10.3. The molecule has 0 aliphatic carbocycles. The Labute approximate surface area is 224 Å². The lowest BCUT2D eigenvalue weighted by Crippen LogP contribution is -2.46. The maximum atomic E-state index is 13.3. The van der Waals surface area contributed by atoms with Gasteiger partial charge in [-0.25, -0.2) is 0 Å². The highest BCUT2D eigenvalue weighted by atomic mass is 16.5. The number of benzene rings is 1. The standard InChI is InChI=1S/C29H38N4O5/c1-38-25-7-5-21(6-8-25)23-15-24(18-31-17-23)26(16-28(35)36)32-29(37)22-3-2-14-33(19-22)27(34)9-4-20-10-12-30-13-11-20/h5-8,15,17-18,20,22,26,30H,2-4,9-14,16,19H2,1H3,(H,32,37)(H,35,36). The number of aromatic nitrogens is 1. The highest BCUT2D eigenvalue weighted by Gasteiger charge is 2.30. The summed E-state index contributed by atoms with van der Waals surface area (Å²) in [4.78, 5) is 44.0. The molecule has 3 N–H and O–H groups in total. The first-order chi connectivity index (χ1) is 18.4. The van der Waals surface area contributed by atoms with E-state index in [-0.39, 0.29) is 24.2 Å². The maximum Gasteiger partial charge on any atom is 0.305 e. The molecule has 204 valence electrons. The number of pyridine rings is 1. The van der Waals surface area contributed by atoms with Crippen molar-refractivity contribution in [2.75, 3.05) is 33.3 Å². The molecule has 9 heteroatoms. The Kier molecular flexibility index (Phi) is 9.70. The number of nitrogens with one attached hydrogen (secondary N) is 2. The molecule has 2 atom stereocenters. The smallest absolute Gasteiger partial charge is 0.305 e. The van der Waals surface area contributed by atoms with Gasteiger partial charge in [0.05, 0.1) is 25.5 Å². The molecule has 2 aliphatic heterocycles.